The quantitative estimate of drug-likeness (QED) is 0.663. The fourth-order valence-electron chi connectivity index (χ4n) is 2.46. The van der Waals surface area contributed by atoms with Gasteiger partial charge in [0, 0.05) is 0 Å². The van der Waals surface area contributed by atoms with Crippen LogP contribution in [0.5, 0.6) is 0 Å². The zero-order valence-corrected chi connectivity index (χ0v) is 12.5. The maximum atomic E-state index is 10.4. The molecule has 0 radical (unpaired) electrons. The Morgan fingerprint density at radius 2 is 1.65 bits per heavy atom. The smallest absolute Gasteiger partial charge is 0.0764 e. The minimum Gasteiger partial charge on any atom is -0.389 e. The third kappa shape index (κ3) is 3.70. The van der Waals surface area contributed by atoms with Crippen molar-refractivity contribution in [2.75, 3.05) is 0 Å². The number of aliphatic hydroxyl groups is 1. The number of allylic oxidation sites excluding steroid dienone is 3. The predicted molar refractivity (Wildman–Crippen MR) is 74.9 cm³/mol. The van der Waals surface area contributed by atoms with Crippen LogP contribution in [-0.2, 0) is 0 Å². The van der Waals surface area contributed by atoms with Gasteiger partial charge in [0.15, 0.2) is 0 Å². The Balaban J connectivity index is 3.06. The van der Waals surface area contributed by atoms with Crippen LogP contribution in [0.1, 0.15) is 54.9 Å². The lowest BCUT2D eigenvalue weighted by molar-refractivity contribution is 0.133. The average molecular weight is 236 g/mol. The maximum absolute atomic E-state index is 10.4. The van der Waals surface area contributed by atoms with Crippen LogP contribution in [0, 0.1) is 16.7 Å². The Morgan fingerprint density at radius 1 is 1.12 bits per heavy atom. The zero-order valence-electron chi connectivity index (χ0n) is 12.5. The molecular formula is C16H28O. The van der Waals surface area contributed by atoms with Gasteiger partial charge >= 0.3 is 0 Å². The standard InChI is InChI=1S/C16H28O/c1-11-8-12(15(2,3)4)10-14(17)13(9-11)16(5,6)7/h8-9,12,14,17H,10H2,1-7H3. The summed E-state index contributed by atoms with van der Waals surface area (Å²) >= 11 is 0. The van der Waals surface area contributed by atoms with Crippen molar-refractivity contribution >= 4 is 0 Å². The molecule has 0 spiro atoms. The van der Waals surface area contributed by atoms with Gasteiger partial charge in [0.1, 0.15) is 0 Å². The topological polar surface area (TPSA) is 20.2 Å². The van der Waals surface area contributed by atoms with E-state index in [0.29, 0.717) is 5.92 Å². The molecule has 0 aliphatic heterocycles. The highest BCUT2D eigenvalue weighted by Gasteiger charge is 2.32. The summed E-state index contributed by atoms with van der Waals surface area (Å²) in [5, 5.41) is 10.4. The fourth-order valence-corrected chi connectivity index (χ4v) is 2.46. The second kappa shape index (κ2) is 4.61. The summed E-state index contributed by atoms with van der Waals surface area (Å²) in [6.45, 7) is 15.4. The molecule has 1 nitrogen and oxygen atoms in total. The molecule has 1 rings (SSSR count). The van der Waals surface area contributed by atoms with Crippen molar-refractivity contribution < 1.29 is 5.11 Å². The van der Waals surface area contributed by atoms with Gasteiger partial charge in [0.2, 0.25) is 0 Å². The second-order valence-corrected chi connectivity index (χ2v) is 7.48. The molecule has 0 amide bonds. The molecule has 0 saturated carbocycles. The molecule has 0 aromatic heterocycles. The summed E-state index contributed by atoms with van der Waals surface area (Å²) < 4.78 is 0. The van der Waals surface area contributed by atoms with Gasteiger partial charge in [0.05, 0.1) is 6.10 Å². The lowest BCUT2D eigenvalue weighted by Gasteiger charge is -2.32. The third-order valence-electron chi connectivity index (χ3n) is 3.66. The second-order valence-electron chi connectivity index (χ2n) is 7.48. The summed E-state index contributed by atoms with van der Waals surface area (Å²) in [6.07, 6.45) is 5.02. The third-order valence-corrected chi connectivity index (χ3v) is 3.66. The molecule has 1 heteroatoms. The lowest BCUT2D eigenvalue weighted by atomic mass is 9.75. The number of aliphatic hydroxyl groups excluding tert-OH is 1. The summed E-state index contributed by atoms with van der Waals surface area (Å²) in [5.41, 5.74) is 2.70. The van der Waals surface area contributed by atoms with E-state index >= 15 is 0 Å². The molecule has 0 saturated heterocycles. The average Bonchev–Trinajstić information content (AvgIpc) is 2.23. The number of hydrogen-bond donors (Lipinski definition) is 1. The highest BCUT2D eigenvalue weighted by Crippen LogP contribution is 2.39. The molecular weight excluding hydrogens is 208 g/mol. The lowest BCUT2D eigenvalue weighted by Crippen LogP contribution is -2.27. The molecule has 98 valence electrons. The van der Waals surface area contributed by atoms with Gasteiger partial charge in [-0.1, -0.05) is 59.3 Å². The van der Waals surface area contributed by atoms with E-state index in [1.807, 2.05) is 0 Å². The van der Waals surface area contributed by atoms with Gasteiger partial charge in [-0.05, 0) is 35.7 Å². The zero-order chi connectivity index (χ0) is 13.4. The van der Waals surface area contributed by atoms with Gasteiger partial charge in [-0.25, -0.2) is 0 Å². The van der Waals surface area contributed by atoms with Gasteiger partial charge in [-0.15, -0.1) is 0 Å². The first kappa shape index (κ1) is 14.5. The monoisotopic (exact) mass is 236 g/mol. The Morgan fingerprint density at radius 3 is 2.06 bits per heavy atom. The first-order valence-electron chi connectivity index (χ1n) is 6.60. The van der Waals surface area contributed by atoms with Crippen molar-refractivity contribution in [1.29, 1.82) is 0 Å². The van der Waals surface area contributed by atoms with Crippen LogP contribution in [-0.4, -0.2) is 11.2 Å². The number of rotatable bonds is 0. The van der Waals surface area contributed by atoms with Crippen LogP contribution in [0.4, 0.5) is 0 Å². The van der Waals surface area contributed by atoms with E-state index in [-0.39, 0.29) is 16.9 Å². The van der Waals surface area contributed by atoms with Gasteiger partial charge in [-0.2, -0.15) is 0 Å². The van der Waals surface area contributed by atoms with Crippen LogP contribution in [0.25, 0.3) is 0 Å². The van der Waals surface area contributed by atoms with Gasteiger partial charge in [0.25, 0.3) is 0 Å². The van der Waals surface area contributed by atoms with E-state index in [0.717, 1.165) is 12.0 Å². The highest BCUT2D eigenvalue weighted by molar-refractivity contribution is 5.31. The summed E-state index contributed by atoms with van der Waals surface area (Å²) in [5.74, 6) is 0.439. The van der Waals surface area contributed by atoms with Crippen molar-refractivity contribution in [3.05, 3.63) is 23.3 Å². The Kier molecular flexibility index (Phi) is 3.93. The number of hydrogen-bond acceptors (Lipinski definition) is 1. The normalized spacial score (nSPS) is 27.3. The molecule has 1 aliphatic carbocycles. The van der Waals surface area contributed by atoms with E-state index in [1.54, 1.807) is 0 Å². The van der Waals surface area contributed by atoms with Crippen molar-refractivity contribution in [3.63, 3.8) is 0 Å². The van der Waals surface area contributed by atoms with Crippen LogP contribution >= 0.6 is 0 Å². The van der Waals surface area contributed by atoms with E-state index in [2.05, 4.69) is 60.6 Å². The molecule has 17 heavy (non-hydrogen) atoms. The molecule has 1 N–H and O–H groups in total. The first-order chi connectivity index (χ1) is 7.51. The Labute approximate surface area is 107 Å². The largest absolute Gasteiger partial charge is 0.389 e. The van der Waals surface area contributed by atoms with Crippen molar-refractivity contribution in [2.45, 2.75) is 61.0 Å². The molecule has 0 aromatic carbocycles. The maximum Gasteiger partial charge on any atom is 0.0764 e. The Bertz CT molecular complexity index is 334. The molecule has 2 atom stereocenters. The predicted octanol–water partition coefficient (Wildman–Crippen LogP) is 4.33. The van der Waals surface area contributed by atoms with Crippen LogP contribution in [0.3, 0.4) is 0 Å². The van der Waals surface area contributed by atoms with Crippen LogP contribution in [0.2, 0.25) is 0 Å². The molecule has 0 aromatic rings. The first-order valence-corrected chi connectivity index (χ1v) is 6.60. The van der Waals surface area contributed by atoms with Crippen molar-refractivity contribution in [2.24, 2.45) is 16.7 Å². The van der Waals surface area contributed by atoms with E-state index in [4.69, 9.17) is 0 Å². The summed E-state index contributed by atoms with van der Waals surface area (Å²) in [7, 11) is 0. The van der Waals surface area contributed by atoms with Gasteiger partial charge in [-0.3, -0.25) is 0 Å². The van der Waals surface area contributed by atoms with Crippen LogP contribution < -0.4 is 0 Å². The van der Waals surface area contributed by atoms with Crippen molar-refractivity contribution in [1.82, 2.24) is 0 Å². The molecule has 1 aliphatic rings. The SMILES string of the molecule is CC1=CC(C(C)(C)C)CC(O)C(C(C)(C)C)=C1. The fraction of sp³-hybridized carbons (Fsp3) is 0.750. The summed E-state index contributed by atoms with van der Waals surface area (Å²) in [4.78, 5) is 0. The van der Waals surface area contributed by atoms with E-state index < -0.39 is 0 Å². The van der Waals surface area contributed by atoms with Crippen LogP contribution in [0.15, 0.2) is 23.3 Å². The van der Waals surface area contributed by atoms with Gasteiger partial charge < -0.3 is 5.11 Å². The van der Waals surface area contributed by atoms with Crippen molar-refractivity contribution in [3.8, 4) is 0 Å². The minimum atomic E-state index is -0.312. The highest BCUT2D eigenvalue weighted by atomic mass is 16.3. The molecule has 0 bridgehead atoms. The molecule has 2 unspecified atom stereocenters. The summed E-state index contributed by atoms with van der Waals surface area (Å²) in [6, 6.07) is 0. The molecule has 0 heterocycles. The Hall–Kier alpha value is -0.560. The van der Waals surface area contributed by atoms with E-state index in [9.17, 15) is 5.11 Å². The van der Waals surface area contributed by atoms with E-state index in [1.165, 1.54) is 5.57 Å². The minimum absolute atomic E-state index is 0.0429. The molecule has 0 fully saturated rings.